The Morgan fingerprint density at radius 1 is 1.07 bits per heavy atom. The molecule has 1 aromatic carbocycles. The summed E-state index contributed by atoms with van der Waals surface area (Å²) in [5.41, 5.74) is 3.29. The summed E-state index contributed by atoms with van der Waals surface area (Å²) in [6.07, 6.45) is 0. The van der Waals surface area contributed by atoms with E-state index in [9.17, 15) is 14.4 Å². The summed E-state index contributed by atoms with van der Waals surface area (Å²) in [6, 6.07) is 12.1. The number of aryl methyl sites for hydroxylation is 2. The van der Waals surface area contributed by atoms with E-state index in [1.165, 1.54) is 18.4 Å². The molecule has 0 fully saturated rings. The molecule has 0 aliphatic heterocycles. The summed E-state index contributed by atoms with van der Waals surface area (Å²) in [7, 11) is 1.53. The van der Waals surface area contributed by atoms with Crippen LogP contribution in [0.4, 0.5) is 5.69 Å². The molecule has 29 heavy (non-hydrogen) atoms. The molecule has 0 aliphatic carbocycles. The summed E-state index contributed by atoms with van der Waals surface area (Å²) >= 11 is 1.43. The Kier molecular flexibility index (Phi) is 6.13. The molecule has 0 saturated heterocycles. The fourth-order valence-corrected chi connectivity index (χ4v) is 3.91. The average Bonchev–Trinajstić information content (AvgIpc) is 3.31. The van der Waals surface area contributed by atoms with Crippen LogP contribution in [0.2, 0.25) is 0 Å². The molecule has 8 heteroatoms. The number of anilines is 1. The molecule has 0 bridgehead atoms. The fourth-order valence-electron chi connectivity index (χ4n) is 2.91. The molecule has 0 saturated carbocycles. The van der Waals surface area contributed by atoms with E-state index in [1.54, 1.807) is 30.3 Å². The number of carbonyl (C=O) groups excluding carboxylic acids is 3. The number of carbonyl (C=O) groups is 3. The minimum atomic E-state index is -0.567. The Balaban J connectivity index is 1.64. The van der Waals surface area contributed by atoms with E-state index in [1.807, 2.05) is 35.9 Å². The Hall–Kier alpha value is -3.39. The number of ether oxygens (including phenoxy) is 1. The summed E-state index contributed by atoms with van der Waals surface area (Å²) < 4.78 is 7.18. The summed E-state index contributed by atoms with van der Waals surface area (Å²) in [5, 5.41) is 7.72. The van der Waals surface area contributed by atoms with Crippen molar-refractivity contribution in [3.63, 3.8) is 0 Å². The zero-order valence-electron chi connectivity index (χ0n) is 16.3. The van der Waals surface area contributed by atoms with Gasteiger partial charge in [0.1, 0.15) is 5.00 Å². The molecule has 3 aromatic rings. The van der Waals surface area contributed by atoms with Gasteiger partial charge < -0.3 is 19.9 Å². The first-order valence-corrected chi connectivity index (χ1v) is 9.80. The van der Waals surface area contributed by atoms with E-state index in [0.29, 0.717) is 16.8 Å². The van der Waals surface area contributed by atoms with E-state index in [0.717, 1.165) is 16.4 Å². The maximum atomic E-state index is 12.5. The van der Waals surface area contributed by atoms with Gasteiger partial charge in [0.15, 0.2) is 6.61 Å². The average molecular weight is 411 g/mol. The molecule has 0 aliphatic rings. The van der Waals surface area contributed by atoms with Crippen molar-refractivity contribution >= 4 is 34.8 Å². The van der Waals surface area contributed by atoms with E-state index in [-0.39, 0.29) is 5.91 Å². The van der Waals surface area contributed by atoms with Crippen LogP contribution in [-0.4, -0.2) is 36.0 Å². The van der Waals surface area contributed by atoms with Crippen LogP contribution in [0.5, 0.6) is 0 Å². The van der Waals surface area contributed by atoms with Gasteiger partial charge in [-0.15, -0.1) is 11.3 Å². The van der Waals surface area contributed by atoms with Crippen LogP contribution in [0.15, 0.2) is 47.8 Å². The van der Waals surface area contributed by atoms with Gasteiger partial charge in [0.2, 0.25) is 0 Å². The van der Waals surface area contributed by atoms with Crippen molar-refractivity contribution < 1.29 is 19.1 Å². The molecule has 0 spiro atoms. The molecule has 2 N–H and O–H groups in total. The number of nitrogens with zero attached hydrogens (tertiary/aromatic N) is 1. The summed E-state index contributed by atoms with van der Waals surface area (Å²) in [6.45, 7) is 3.49. The molecular weight excluding hydrogens is 390 g/mol. The van der Waals surface area contributed by atoms with Crippen molar-refractivity contribution in [2.24, 2.45) is 0 Å². The monoisotopic (exact) mass is 411 g/mol. The number of amides is 2. The lowest BCUT2D eigenvalue weighted by Gasteiger charge is -2.11. The van der Waals surface area contributed by atoms with Crippen LogP contribution in [0.1, 0.15) is 32.1 Å². The van der Waals surface area contributed by atoms with Crippen LogP contribution in [0.25, 0.3) is 5.00 Å². The fraction of sp³-hybridized carbons (Fsp3) is 0.190. The quantitative estimate of drug-likeness (QED) is 0.609. The van der Waals surface area contributed by atoms with Gasteiger partial charge in [-0.1, -0.05) is 6.07 Å². The van der Waals surface area contributed by atoms with Crippen LogP contribution in [-0.2, 0) is 9.53 Å². The second-order valence-electron chi connectivity index (χ2n) is 6.38. The maximum absolute atomic E-state index is 12.5. The largest absolute Gasteiger partial charge is 0.452 e. The summed E-state index contributed by atoms with van der Waals surface area (Å²) in [5.74, 6) is -1.31. The van der Waals surface area contributed by atoms with E-state index >= 15 is 0 Å². The van der Waals surface area contributed by atoms with Crippen LogP contribution < -0.4 is 10.6 Å². The Labute approximate surface area is 172 Å². The van der Waals surface area contributed by atoms with Crippen LogP contribution in [0.3, 0.4) is 0 Å². The van der Waals surface area contributed by atoms with Gasteiger partial charge in [-0.2, -0.15) is 0 Å². The van der Waals surface area contributed by atoms with E-state index in [2.05, 4.69) is 10.6 Å². The molecule has 7 nitrogen and oxygen atoms in total. The molecule has 2 aromatic heterocycles. The van der Waals surface area contributed by atoms with Gasteiger partial charge in [-0.3, -0.25) is 9.59 Å². The van der Waals surface area contributed by atoms with Crippen LogP contribution >= 0.6 is 11.3 Å². The van der Waals surface area contributed by atoms with Gasteiger partial charge in [-0.05, 0) is 55.6 Å². The highest BCUT2D eigenvalue weighted by atomic mass is 32.1. The third kappa shape index (κ3) is 4.55. The molecule has 150 valence electrons. The van der Waals surface area contributed by atoms with Gasteiger partial charge >= 0.3 is 5.97 Å². The predicted molar refractivity (Wildman–Crippen MR) is 112 cm³/mol. The second kappa shape index (κ2) is 8.74. The standard InChI is InChI=1S/C21H21N3O4S/c1-13-7-8-14(2)24(13)20-17(9-10-29-20)21(27)28-12-18(25)23-16-6-4-5-15(11-16)19(26)22-3/h4-11H,12H2,1-3H3,(H,22,26)(H,23,25). The zero-order chi connectivity index (χ0) is 21.0. The van der Waals surface area contributed by atoms with Crippen molar-refractivity contribution in [3.8, 4) is 5.00 Å². The Bertz CT molecular complexity index is 1050. The highest BCUT2D eigenvalue weighted by molar-refractivity contribution is 7.13. The molecule has 2 heterocycles. The number of aromatic nitrogens is 1. The molecule has 2 amide bonds. The predicted octanol–water partition coefficient (Wildman–Crippen LogP) is 3.31. The minimum Gasteiger partial charge on any atom is -0.452 e. The number of hydrogen-bond donors (Lipinski definition) is 2. The van der Waals surface area contributed by atoms with Crippen molar-refractivity contribution in [2.75, 3.05) is 19.0 Å². The first-order chi connectivity index (χ1) is 13.9. The normalized spacial score (nSPS) is 10.4. The van der Waals surface area contributed by atoms with Crippen LogP contribution in [0, 0.1) is 13.8 Å². The lowest BCUT2D eigenvalue weighted by Crippen LogP contribution is -2.22. The summed E-state index contributed by atoms with van der Waals surface area (Å²) in [4.78, 5) is 36.4. The Morgan fingerprint density at radius 3 is 2.48 bits per heavy atom. The van der Waals surface area contributed by atoms with Gasteiger partial charge in [0.05, 0.1) is 5.56 Å². The Morgan fingerprint density at radius 2 is 1.79 bits per heavy atom. The molecule has 0 unspecified atom stereocenters. The molecular formula is C21H21N3O4S. The molecule has 0 radical (unpaired) electrons. The number of benzene rings is 1. The number of nitrogens with one attached hydrogen (secondary N) is 2. The maximum Gasteiger partial charge on any atom is 0.341 e. The highest BCUT2D eigenvalue weighted by Crippen LogP contribution is 2.26. The van der Waals surface area contributed by atoms with E-state index in [4.69, 9.17) is 4.74 Å². The van der Waals surface area contributed by atoms with Crippen molar-refractivity contribution in [1.82, 2.24) is 9.88 Å². The molecule has 3 rings (SSSR count). The third-order valence-corrected chi connectivity index (χ3v) is 5.21. The number of rotatable bonds is 6. The van der Waals surface area contributed by atoms with Gasteiger partial charge in [0, 0.05) is 29.7 Å². The smallest absolute Gasteiger partial charge is 0.341 e. The van der Waals surface area contributed by atoms with Crippen molar-refractivity contribution in [3.05, 3.63) is 70.4 Å². The highest BCUT2D eigenvalue weighted by Gasteiger charge is 2.19. The first kappa shape index (κ1) is 20.3. The number of esters is 1. The van der Waals surface area contributed by atoms with Crippen molar-refractivity contribution in [1.29, 1.82) is 0 Å². The third-order valence-electron chi connectivity index (χ3n) is 4.31. The van der Waals surface area contributed by atoms with Gasteiger partial charge in [-0.25, -0.2) is 4.79 Å². The number of thiophene rings is 1. The van der Waals surface area contributed by atoms with Crippen molar-refractivity contribution in [2.45, 2.75) is 13.8 Å². The second-order valence-corrected chi connectivity index (χ2v) is 7.27. The number of hydrogen-bond acceptors (Lipinski definition) is 5. The molecule has 0 atom stereocenters. The van der Waals surface area contributed by atoms with E-state index < -0.39 is 18.5 Å². The SMILES string of the molecule is CNC(=O)c1cccc(NC(=O)COC(=O)c2ccsc2-n2c(C)ccc2C)c1. The van der Waals surface area contributed by atoms with Gasteiger partial charge in [0.25, 0.3) is 11.8 Å². The topological polar surface area (TPSA) is 89.4 Å². The zero-order valence-corrected chi connectivity index (χ0v) is 17.1. The lowest BCUT2D eigenvalue weighted by atomic mass is 10.2. The lowest BCUT2D eigenvalue weighted by molar-refractivity contribution is -0.119. The minimum absolute atomic E-state index is 0.256. The first-order valence-electron chi connectivity index (χ1n) is 8.92.